The largest absolute Gasteiger partial charge is 0.368 e. The number of nitrogens with one attached hydrogen (secondary N) is 1. The van der Waals surface area contributed by atoms with Crippen LogP contribution in [0.15, 0.2) is 95.9 Å². The molecule has 0 saturated carbocycles. The van der Waals surface area contributed by atoms with E-state index in [1.165, 1.54) is 16.3 Å². The van der Waals surface area contributed by atoms with Gasteiger partial charge in [-0.05, 0) is 41.1 Å². The molecule has 0 aliphatic rings. The van der Waals surface area contributed by atoms with E-state index in [0.29, 0.717) is 5.56 Å². The fourth-order valence-corrected chi connectivity index (χ4v) is 4.09. The number of aromatic nitrogens is 1. The van der Waals surface area contributed by atoms with Crippen LogP contribution in [0.1, 0.15) is 28.7 Å². The number of hydrogen-bond donors (Lipinski definition) is 1. The first-order valence-electron chi connectivity index (χ1n) is 10.6. The molecular weight excluding hydrogens is 384 g/mol. The summed E-state index contributed by atoms with van der Waals surface area (Å²) in [5.41, 5.74) is 2.95. The van der Waals surface area contributed by atoms with Crippen LogP contribution in [0, 0.1) is 0 Å². The fraction of sp³-hybridized carbons (Fsp3) is 0.222. The van der Waals surface area contributed by atoms with Gasteiger partial charge in [-0.1, -0.05) is 72.8 Å². The maximum absolute atomic E-state index is 12.5. The highest BCUT2D eigenvalue weighted by molar-refractivity contribution is 5.83. The van der Waals surface area contributed by atoms with E-state index in [1.54, 1.807) is 17.8 Å². The minimum atomic E-state index is -0.195. The van der Waals surface area contributed by atoms with Gasteiger partial charge in [0, 0.05) is 31.3 Å². The zero-order valence-electron chi connectivity index (χ0n) is 18.0. The van der Waals surface area contributed by atoms with Gasteiger partial charge in [0.25, 0.3) is 5.56 Å². The number of fused-ring (bicyclic) bond motifs is 1. The number of hydrogen-bond acceptors (Lipinski definition) is 3. The van der Waals surface area contributed by atoms with Gasteiger partial charge >= 0.3 is 0 Å². The zero-order valence-corrected chi connectivity index (χ0v) is 18.0. The maximum Gasteiger partial charge on any atom is 0.255 e. The Balaban J connectivity index is 1.71. The molecule has 4 aromatic rings. The summed E-state index contributed by atoms with van der Waals surface area (Å²) in [4.78, 5) is 12.5. The Labute approximate surface area is 183 Å². The Morgan fingerprint density at radius 3 is 2.39 bits per heavy atom. The standard InChI is InChI=1S/C27H28N2O2/c1-28-18-25(23-15-14-20-9-6-7-12-22(20)17-23)26(21-10-4-3-5-11-21)31-19-24-13-8-16-29(2)27(24)30/h3-17,25-26,28H,18-19H2,1-2H3/t25-,26-/m1/s1. The Morgan fingerprint density at radius 1 is 0.871 bits per heavy atom. The number of ether oxygens (including phenoxy) is 1. The lowest BCUT2D eigenvalue weighted by atomic mass is 9.87. The molecule has 3 aromatic carbocycles. The van der Waals surface area contributed by atoms with Gasteiger partial charge in [0.05, 0.1) is 12.7 Å². The van der Waals surface area contributed by atoms with Gasteiger partial charge in [0.2, 0.25) is 0 Å². The average molecular weight is 413 g/mol. The minimum Gasteiger partial charge on any atom is -0.368 e. The lowest BCUT2D eigenvalue weighted by molar-refractivity contribution is 0.0200. The van der Waals surface area contributed by atoms with Crippen molar-refractivity contribution in [1.82, 2.24) is 9.88 Å². The maximum atomic E-state index is 12.5. The van der Waals surface area contributed by atoms with Crippen molar-refractivity contribution in [3.05, 3.63) is 118 Å². The van der Waals surface area contributed by atoms with Crippen molar-refractivity contribution in [2.45, 2.75) is 18.6 Å². The molecule has 0 saturated heterocycles. The van der Waals surface area contributed by atoms with Crippen LogP contribution in [-0.2, 0) is 18.4 Å². The van der Waals surface area contributed by atoms with Crippen LogP contribution in [0.3, 0.4) is 0 Å². The van der Waals surface area contributed by atoms with Crippen LogP contribution in [0.5, 0.6) is 0 Å². The minimum absolute atomic E-state index is 0.0230. The molecule has 0 aliphatic heterocycles. The van der Waals surface area contributed by atoms with Crippen molar-refractivity contribution in [1.29, 1.82) is 0 Å². The number of aryl methyl sites for hydroxylation is 1. The number of benzene rings is 3. The molecule has 0 spiro atoms. The lowest BCUT2D eigenvalue weighted by Gasteiger charge is -2.28. The number of likely N-dealkylation sites (N-methyl/N-ethyl adjacent to an activating group) is 1. The fourth-order valence-electron chi connectivity index (χ4n) is 4.09. The van der Waals surface area contributed by atoms with E-state index in [1.807, 2.05) is 37.4 Å². The summed E-state index contributed by atoms with van der Waals surface area (Å²) in [5, 5.41) is 5.77. The van der Waals surface area contributed by atoms with Crippen LogP contribution >= 0.6 is 0 Å². The molecule has 1 aromatic heterocycles. The number of rotatable bonds is 8. The van der Waals surface area contributed by atoms with Gasteiger partial charge in [-0.3, -0.25) is 4.79 Å². The van der Waals surface area contributed by atoms with Gasteiger partial charge in [-0.15, -0.1) is 0 Å². The Morgan fingerprint density at radius 2 is 1.61 bits per heavy atom. The lowest BCUT2D eigenvalue weighted by Crippen LogP contribution is -2.26. The topological polar surface area (TPSA) is 43.3 Å². The third-order valence-electron chi connectivity index (χ3n) is 5.74. The molecule has 4 nitrogen and oxygen atoms in total. The SMILES string of the molecule is CNC[C@H](c1ccc2ccccc2c1)[C@H](OCc1cccn(C)c1=O)c1ccccc1. The zero-order chi connectivity index (χ0) is 21.6. The monoisotopic (exact) mass is 412 g/mol. The number of pyridine rings is 1. The van der Waals surface area contributed by atoms with Crippen LogP contribution < -0.4 is 10.9 Å². The van der Waals surface area contributed by atoms with E-state index >= 15 is 0 Å². The molecule has 0 radical (unpaired) electrons. The summed E-state index contributed by atoms with van der Waals surface area (Å²) >= 11 is 0. The molecule has 0 aliphatic carbocycles. The molecule has 0 amide bonds. The summed E-state index contributed by atoms with van der Waals surface area (Å²) in [6.07, 6.45) is 1.57. The van der Waals surface area contributed by atoms with Gasteiger partial charge in [-0.25, -0.2) is 0 Å². The van der Waals surface area contributed by atoms with Crippen molar-refractivity contribution >= 4 is 10.8 Å². The Kier molecular flexibility index (Phi) is 6.60. The molecule has 4 heteroatoms. The smallest absolute Gasteiger partial charge is 0.255 e. The first-order valence-corrected chi connectivity index (χ1v) is 10.6. The van der Waals surface area contributed by atoms with E-state index in [2.05, 4.69) is 59.9 Å². The van der Waals surface area contributed by atoms with Crippen LogP contribution in [0.4, 0.5) is 0 Å². The molecular formula is C27H28N2O2. The highest BCUT2D eigenvalue weighted by Crippen LogP contribution is 2.35. The van der Waals surface area contributed by atoms with Gasteiger partial charge < -0.3 is 14.6 Å². The van der Waals surface area contributed by atoms with E-state index in [-0.39, 0.29) is 24.2 Å². The predicted octanol–water partition coefficient (Wildman–Crippen LogP) is 4.80. The van der Waals surface area contributed by atoms with Crippen molar-refractivity contribution in [2.75, 3.05) is 13.6 Å². The highest BCUT2D eigenvalue weighted by Gasteiger charge is 2.26. The molecule has 158 valence electrons. The van der Waals surface area contributed by atoms with E-state index in [9.17, 15) is 4.79 Å². The van der Waals surface area contributed by atoms with Crippen LogP contribution in [0.25, 0.3) is 10.8 Å². The van der Waals surface area contributed by atoms with Crippen molar-refractivity contribution < 1.29 is 4.74 Å². The van der Waals surface area contributed by atoms with E-state index in [4.69, 9.17) is 4.74 Å². The van der Waals surface area contributed by atoms with Crippen molar-refractivity contribution in [2.24, 2.45) is 7.05 Å². The predicted molar refractivity (Wildman–Crippen MR) is 126 cm³/mol. The summed E-state index contributed by atoms with van der Waals surface area (Å²) in [6, 6.07) is 29.0. The quantitative estimate of drug-likeness (QED) is 0.452. The molecule has 4 rings (SSSR count). The Hall–Kier alpha value is -3.21. The second-order valence-corrected chi connectivity index (χ2v) is 7.86. The van der Waals surface area contributed by atoms with Gasteiger partial charge in [0.15, 0.2) is 0 Å². The average Bonchev–Trinajstić information content (AvgIpc) is 2.81. The van der Waals surface area contributed by atoms with E-state index in [0.717, 1.165) is 12.1 Å². The number of nitrogens with zero attached hydrogens (tertiary/aromatic N) is 1. The molecule has 0 bridgehead atoms. The van der Waals surface area contributed by atoms with E-state index < -0.39 is 0 Å². The third kappa shape index (κ3) is 4.76. The molecule has 0 fully saturated rings. The second kappa shape index (κ2) is 9.73. The van der Waals surface area contributed by atoms with Gasteiger partial charge in [0.1, 0.15) is 0 Å². The molecule has 2 atom stereocenters. The normalized spacial score (nSPS) is 13.2. The summed E-state index contributed by atoms with van der Waals surface area (Å²) in [7, 11) is 3.72. The first-order chi connectivity index (χ1) is 15.2. The van der Waals surface area contributed by atoms with Crippen molar-refractivity contribution in [3.8, 4) is 0 Å². The molecule has 1 heterocycles. The summed E-state index contributed by atoms with van der Waals surface area (Å²) in [6.45, 7) is 1.02. The van der Waals surface area contributed by atoms with Crippen LogP contribution in [-0.4, -0.2) is 18.2 Å². The highest BCUT2D eigenvalue weighted by atomic mass is 16.5. The molecule has 0 unspecified atom stereocenters. The summed E-state index contributed by atoms with van der Waals surface area (Å²) < 4.78 is 8.07. The second-order valence-electron chi connectivity index (χ2n) is 7.86. The third-order valence-corrected chi connectivity index (χ3v) is 5.74. The Bertz CT molecular complexity index is 1200. The summed E-state index contributed by atoms with van der Waals surface area (Å²) in [5.74, 6) is 0.0876. The molecule has 31 heavy (non-hydrogen) atoms. The molecule has 1 N–H and O–H groups in total. The van der Waals surface area contributed by atoms with Crippen LogP contribution in [0.2, 0.25) is 0 Å². The van der Waals surface area contributed by atoms with Gasteiger partial charge in [-0.2, -0.15) is 0 Å². The first kappa shape index (κ1) is 21.0. The van der Waals surface area contributed by atoms with Crippen molar-refractivity contribution in [3.63, 3.8) is 0 Å².